The van der Waals surface area contributed by atoms with Gasteiger partial charge in [0.05, 0.1) is 35.3 Å². The van der Waals surface area contributed by atoms with Crippen LogP contribution in [0.25, 0.3) is 17.0 Å². The number of aliphatic hydroxyl groups is 1. The molecule has 35 heavy (non-hydrogen) atoms. The lowest BCUT2D eigenvalue weighted by Crippen LogP contribution is -2.54. The third kappa shape index (κ3) is 4.49. The van der Waals surface area contributed by atoms with Gasteiger partial charge in [0.2, 0.25) is 5.95 Å². The third-order valence-electron chi connectivity index (χ3n) is 6.74. The fraction of sp³-hybridized carbons (Fsp3) is 0.346. The molecule has 0 saturated carbocycles. The minimum absolute atomic E-state index is 0.132. The largest absolute Gasteiger partial charge is 0.387 e. The maximum absolute atomic E-state index is 14.7. The van der Waals surface area contributed by atoms with Gasteiger partial charge in [0, 0.05) is 24.8 Å². The summed E-state index contributed by atoms with van der Waals surface area (Å²) in [6, 6.07) is 11.9. The summed E-state index contributed by atoms with van der Waals surface area (Å²) in [5.41, 5.74) is 3.07. The van der Waals surface area contributed by atoms with Crippen LogP contribution in [0.3, 0.4) is 0 Å². The van der Waals surface area contributed by atoms with Crippen molar-refractivity contribution in [1.29, 1.82) is 0 Å². The lowest BCUT2D eigenvalue weighted by atomic mass is 9.90. The number of pyridine rings is 1. The summed E-state index contributed by atoms with van der Waals surface area (Å²) >= 11 is 6.21. The zero-order valence-corrected chi connectivity index (χ0v) is 20.6. The van der Waals surface area contributed by atoms with Crippen LogP contribution in [0, 0.1) is 5.82 Å². The van der Waals surface area contributed by atoms with Crippen molar-refractivity contribution < 1.29 is 9.50 Å². The van der Waals surface area contributed by atoms with Crippen LogP contribution < -0.4 is 5.32 Å². The van der Waals surface area contributed by atoms with E-state index in [0.29, 0.717) is 28.4 Å². The van der Waals surface area contributed by atoms with Crippen LogP contribution in [0.15, 0.2) is 55.0 Å². The molecule has 7 nitrogen and oxygen atoms in total. The molecule has 4 heterocycles. The Labute approximate surface area is 208 Å². The van der Waals surface area contributed by atoms with Crippen LogP contribution in [-0.2, 0) is 0 Å². The Balaban J connectivity index is 1.33. The number of hydrogen-bond donors (Lipinski definition) is 2. The van der Waals surface area contributed by atoms with Crippen molar-refractivity contribution in [2.75, 3.05) is 11.9 Å². The standard InChI is InChI=1S/C26H28ClFN6O/c1-15(2)33-12-10-21(33)24(35)18-8-6-17(7-9-18)16(3)31-26-30-13-20(28)23(32-26)22-14-29-25-19(27)5-4-11-34(22)25/h4-9,11,13-16,21,24,35H,10,12H2,1-3H3,(H,30,31,32)/t16-,21?,24?/m0/s1. The van der Waals surface area contributed by atoms with Crippen LogP contribution in [0.1, 0.15) is 50.5 Å². The van der Waals surface area contributed by atoms with Gasteiger partial charge in [-0.3, -0.25) is 9.30 Å². The van der Waals surface area contributed by atoms with Crippen LogP contribution in [0.2, 0.25) is 5.02 Å². The molecule has 3 atom stereocenters. The minimum atomic E-state index is -0.547. The maximum Gasteiger partial charge on any atom is 0.223 e. The van der Waals surface area contributed by atoms with Gasteiger partial charge in [-0.15, -0.1) is 0 Å². The predicted octanol–water partition coefficient (Wildman–Crippen LogP) is 5.27. The van der Waals surface area contributed by atoms with Crippen molar-refractivity contribution in [2.24, 2.45) is 0 Å². The van der Waals surface area contributed by atoms with Crippen molar-refractivity contribution in [2.45, 2.75) is 51.4 Å². The lowest BCUT2D eigenvalue weighted by Gasteiger charge is -2.46. The number of benzene rings is 1. The van der Waals surface area contributed by atoms with Crippen molar-refractivity contribution in [1.82, 2.24) is 24.3 Å². The van der Waals surface area contributed by atoms with E-state index in [9.17, 15) is 9.50 Å². The van der Waals surface area contributed by atoms with Crippen LogP contribution in [-0.4, -0.2) is 48.0 Å². The van der Waals surface area contributed by atoms with E-state index in [1.165, 1.54) is 0 Å². The van der Waals surface area contributed by atoms with Crippen LogP contribution in [0.4, 0.5) is 10.3 Å². The Morgan fingerprint density at radius 2 is 1.83 bits per heavy atom. The average Bonchev–Trinajstić information content (AvgIpc) is 3.24. The summed E-state index contributed by atoms with van der Waals surface area (Å²) in [5, 5.41) is 14.6. The summed E-state index contributed by atoms with van der Waals surface area (Å²) in [4.78, 5) is 15.2. The zero-order valence-electron chi connectivity index (χ0n) is 19.9. The fourth-order valence-electron chi connectivity index (χ4n) is 4.66. The van der Waals surface area contributed by atoms with E-state index in [0.717, 1.165) is 30.3 Å². The van der Waals surface area contributed by atoms with E-state index in [2.05, 4.69) is 39.0 Å². The van der Waals surface area contributed by atoms with Gasteiger partial charge in [0.1, 0.15) is 5.69 Å². The molecule has 0 bridgehead atoms. The molecule has 1 saturated heterocycles. The molecule has 0 radical (unpaired) electrons. The first-order chi connectivity index (χ1) is 16.8. The molecular formula is C26H28ClFN6O. The number of nitrogens with one attached hydrogen (secondary N) is 1. The van der Waals surface area contributed by atoms with Crippen molar-refractivity contribution >= 4 is 23.2 Å². The first-order valence-electron chi connectivity index (χ1n) is 11.8. The van der Waals surface area contributed by atoms with E-state index in [1.54, 1.807) is 28.9 Å². The second kappa shape index (κ2) is 9.53. The lowest BCUT2D eigenvalue weighted by molar-refractivity contribution is -0.0343. The Hall–Kier alpha value is -3.07. The molecule has 4 aromatic rings. The van der Waals surface area contributed by atoms with Crippen LogP contribution in [0.5, 0.6) is 0 Å². The zero-order chi connectivity index (χ0) is 24.7. The first kappa shape index (κ1) is 23.7. The molecule has 1 fully saturated rings. The van der Waals surface area contributed by atoms with E-state index >= 15 is 0 Å². The van der Waals surface area contributed by atoms with E-state index in [1.807, 2.05) is 31.2 Å². The van der Waals surface area contributed by atoms with Gasteiger partial charge in [-0.2, -0.15) is 0 Å². The summed E-state index contributed by atoms with van der Waals surface area (Å²) < 4.78 is 16.4. The molecule has 1 aliphatic heterocycles. The quantitative estimate of drug-likeness (QED) is 0.364. The molecule has 3 aromatic heterocycles. The van der Waals surface area contributed by atoms with Gasteiger partial charge >= 0.3 is 0 Å². The highest BCUT2D eigenvalue weighted by Gasteiger charge is 2.36. The fourth-order valence-corrected chi connectivity index (χ4v) is 4.87. The number of likely N-dealkylation sites (tertiary alicyclic amines) is 1. The predicted molar refractivity (Wildman–Crippen MR) is 135 cm³/mol. The van der Waals surface area contributed by atoms with E-state index < -0.39 is 11.9 Å². The summed E-state index contributed by atoms with van der Waals surface area (Å²) in [7, 11) is 0. The monoisotopic (exact) mass is 494 g/mol. The highest BCUT2D eigenvalue weighted by molar-refractivity contribution is 6.33. The normalized spacial score (nSPS) is 18.0. The van der Waals surface area contributed by atoms with Gasteiger partial charge in [-0.25, -0.2) is 19.3 Å². The first-order valence-corrected chi connectivity index (χ1v) is 12.2. The molecule has 182 valence electrons. The Bertz CT molecular complexity index is 1340. The molecule has 0 aliphatic carbocycles. The Kier molecular flexibility index (Phi) is 6.44. The van der Waals surface area contributed by atoms with E-state index in [4.69, 9.17) is 11.6 Å². The maximum atomic E-state index is 14.7. The molecule has 9 heteroatoms. The van der Waals surface area contributed by atoms with E-state index in [-0.39, 0.29) is 17.8 Å². The van der Waals surface area contributed by atoms with Crippen molar-refractivity contribution in [3.8, 4) is 11.4 Å². The van der Waals surface area contributed by atoms with Crippen LogP contribution >= 0.6 is 11.6 Å². The molecule has 1 aromatic carbocycles. The number of anilines is 1. The molecule has 1 aliphatic rings. The van der Waals surface area contributed by atoms with Gasteiger partial charge < -0.3 is 10.4 Å². The molecular weight excluding hydrogens is 467 g/mol. The second-order valence-corrected chi connectivity index (χ2v) is 9.66. The topological polar surface area (TPSA) is 78.6 Å². The Morgan fingerprint density at radius 1 is 1.09 bits per heavy atom. The summed E-state index contributed by atoms with van der Waals surface area (Å²) in [6.45, 7) is 7.32. The molecule has 5 rings (SSSR count). The van der Waals surface area contributed by atoms with Gasteiger partial charge in [0.25, 0.3) is 0 Å². The number of imidazole rings is 1. The number of hydrogen-bond acceptors (Lipinski definition) is 6. The smallest absolute Gasteiger partial charge is 0.223 e. The highest BCUT2D eigenvalue weighted by atomic mass is 35.5. The molecule has 2 N–H and O–H groups in total. The molecule has 0 spiro atoms. The van der Waals surface area contributed by atoms with Gasteiger partial charge in [0.15, 0.2) is 11.5 Å². The number of aliphatic hydroxyl groups excluding tert-OH is 1. The van der Waals surface area contributed by atoms with Gasteiger partial charge in [-0.05, 0) is 50.5 Å². The number of fused-ring (bicyclic) bond motifs is 1. The molecule has 0 amide bonds. The summed E-state index contributed by atoms with van der Waals surface area (Å²) in [6.07, 6.45) is 4.96. The number of aromatic nitrogens is 4. The number of halogens is 2. The Morgan fingerprint density at radius 3 is 2.51 bits per heavy atom. The second-order valence-electron chi connectivity index (χ2n) is 9.25. The minimum Gasteiger partial charge on any atom is -0.387 e. The highest BCUT2D eigenvalue weighted by Crippen LogP contribution is 2.32. The third-order valence-corrected chi connectivity index (χ3v) is 7.03. The SMILES string of the molecule is CC(C)N1CCC1C(O)c1ccc([C@H](C)Nc2ncc(F)c(-c3cnc4c(Cl)cccn34)n2)cc1. The van der Waals surface area contributed by atoms with Gasteiger partial charge in [-0.1, -0.05) is 35.9 Å². The number of nitrogens with zero attached hydrogens (tertiary/aromatic N) is 5. The number of rotatable bonds is 7. The molecule has 2 unspecified atom stereocenters. The summed E-state index contributed by atoms with van der Waals surface area (Å²) in [5.74, 6) is -0.244. The van der Waals surface area contributed by atoms with Crippen molar-refractivity contribution in [3.63, 3.8) is 0 Å². The van der Waals surface area contributed by atoms with Crippen molar-refractivity contribution in [3.05, 3.63) is 77.0 Å². The average molecular weight is 495 g/mol.